The van der Waals surface area contributed by atoms with Crippen molar-refractivity contribution in [3.8, 4) is 0 Å². The van der Waals surface area contributed by atoms with E-state index in [-0.39, 0.29) is 12.0 Å². The molecular formula is C15H21ClN2O2. The summed E-state index contributed by atoms with van der Waals surface area (Å²) in [5, 5.41) is 10.2. The van der Waals surface area contributed by atoms with E-state index in [0.717, 1.165) is 5.56 Å². The van der Waals surface area contributed by atoms with Crippen molar-refractivity contribution in [2.75, 3.05) is 26.7 Å². The third kappa shape index (κ3) is 4.47. The quantitative estimate of drug-likeness (QED) is 0.921. The third-order valence-corrected chi connectivity index (χ3v) is 3.80. The molecule has 110 valence electrons. The molecule has 20 heavy (non-hydrogen) atoms. The molecule has 0 bridgehead atoms. The van der Waals surface area contributed by atoms with Crippen molar-refractivity contribution >= 4 is 17.5 Å². The molecule has 0 atom stereocenters. The summed E-state index contributed by atoms with van der Waals surface area (Å²) in [7, 11) is 1.93. The number of nitrogens with zero attached hydrogens (tertiary/aromatic N) is 2. The molecule has 1 saturated heterocycles. The highest BCUT2D eigenvalue weighted by atomic mass is 35.5. The Kier molecular flexibility index (Phi) is 5.40. The van der Waals surface area contributed by atoms with Gasteiger partial charge < -0.3 is 10.0 Å². The Labute approximate surface area is 124 Å². The van der Waals surface area contributed by atoms with E-state index in [4.69, 9.17) is 11.6 Å². The van der Waals surface area contributed by atoms with Crippen LogP contribution in [0.15, 0.2) is 24.3 Å². The number of benzene rings is 1. The molecular weight excluding hydrogens is 276 g/mol. The molecule has 0 aliphatic carbocycles. The minimum Gasteiger partial charge on any atom is -0.393 e. The predicted octanol–water partition coefficient (Wildman–Crippen LogP) is 1.76. The van der Waals surface area contributed by atoms with Gasteiger partial charge >= 0.3 is 0 Å². The summed E-state index contributed by atoms with van der Waals surface area (Å²) in [6, 6.07) is 7.68. The van der Waals surface area contributed by atoms with E-state index in [1.165, 1.54) is 0 Å². The lowest BCUT2D eigenvalue weighted by Gasteiger charge is -2.31. The number of hydrogen-bond donors (Lipinski definition) is 1. The summed E-state index contributed by atoms with van der Waals surface area (Å²) in [6.45, 7) is 2.40. The molecule has 1 N–H and O–H groups in total. The fourth-order valence-corrected chi connectivity index (χ4v) is 2.66. The summed E-state index contributed by atoms with van der Waals surface area (Å²) in [4.78, 5) is 16.0. The van der Waals surface area contributed by atoms with Crippen LogP contribution in [-0.4, -0.2) is 53.6 Å². The Balaban J connectivity index is 1.82. The highest BCUT2D eigenvalue weighted by Crippen LogP contribution is 2.13. The first-order valence-corrected chi connectivity index (χ1v) is 7.31. The number of halogens is 1. The highest BCUT2D eigenvalue weighted by molar-refractivity contribution is 6.30. The predicted molar refractivity (Wildman–Crippen MR) is 79.6 cm³/mol. The van der Waals surface area contributed by atoms with Crippen LogP contribution in [0.5, 0.6) is 0 Å². The van der Waals surface area contributed by atoms with E-state index < -0.39 is 0 Å². The Morgan fingerprint density at radius 1 is 1.45 bits per heavy atom. The fourth-order valence-electron chi connectivity index (χ4n) is 2.45. The Bertz CT molecular complexity index is 459. The minimum absolute atomic E-state index is 0.126. The van der Waals surface area contributed by atoms with Gasteiger partial charge in [-0.3, -0.25) is 9.69 Å². The topological polar surface area (TPSA) is 43.8 Å². The number of aliphatic hydroxyl groups is 1. The molecule has 1 fully saturated rings. The lowest BCUT2D eigenvalue weighted by Crippen LogP contribution is -2.44. The summed E-state index contributed by atoms with van der Waals surface area (Å²) in [6.07, 6.45) is 1.12. The average Bonchev–Trinajstić information content (AvgIpc) is 2.39. The number of likely N-dealkylation sites (tertiary alicyclic amines) is 1. The largest absolute Gasteiger partial charge is 0.393 e. The highest BCUT2D eigenvalue weighted by Gasteiger charge is 2.21. The van der Waals surface area contributed by atoms with Gasteiger partial charge in [0.2, 0.25) is 5.91 Å². The first-order chi connectivity index (χ1) is 9.54. The van der Waals surface area contributed by atoms with Crippen LogP contribution in [0.1, 0.15) is 18.4 Å². The van der Waals surface area contributed by atoms with Gasteiger partial charge in [0, 0.05) is 24.7 Å². The zero-order valence-corrected chi connectivity index (χ0v) is 12.5. The zero-order chi connectivity index (χ0) is 14.5. The summed E-state index contributed by atoms with van der Waals surface area (Å²) < 4.78 is 0. The average molecular weight is 297 g/mol. The molecule has 0 unspecified atom stereocenters. The molecule has 1 aliphatic rings. The standard InChI is InChI=1S/C15H21ClN2O2/c1-17(10-12-3-2-4-13(16)9-12)11-15(20)18-7-5-14(19)6-8-18/h2-4,9,14,19H,5-8,10-11H2,1H3. The van der Waals surface area contributed by atoms with Crippen LogP contribution in [0, 0.1) is 0 Å². The number of aliphatic hydroxyl groups excluding tert-OH is 1. The number of amides is 1. The van der Waals surface area contributed by atoms with Gasteiger partial charge in [-0.05, 0) is 37.6 Å². The fraction of sp³-hybridized carbons (Fsp3) is 0.533. The van der Waals surface area contributed by atoms with Crippen molar-refractivity contribution in [2.24, 2.45) is 0 Å². The number of carbonyl (C=O) groups excluding carboxylic acids is 1. The van der Waals surface area contributed by atoms with Crippen LogP contribution in [0.3, 0.4) is 0 Å². The van der Waals surface area contributed by atoms with Crippen LogP contribution in [0.2, 0.25) is 5.02 Å². The molecule has 0 aromatic heterocycles. The summed E-state index contributed by atoms with van der Waals surface area (Å²) in [5.41, 5.74) is 1.10. The summed E-state index contributed by atoms with van der Waals surface area (Å²) in [5.74, 6) is 0.126. The van der Waals surface area contributed by atoms with Gasteiger partial charge in [0.05, 0.1) is 12.6 Å². The SMILES string of the molecule is CN(CC(=O)N1CCC(O)CC1)Cc1cccc(Cl)c1. The second-order valence-electron chi connectivity index (χ2n) is 5.41. The van der Waals surface area contributed by atoms with Crippen LogP contribution >= 0.6 is 11.6 Å². The molecule has 2 rings (SSSR count). The van der Waals surface area contributed by atoms with E-state index in [1.807, 2.05) is 41.1 Å². The van der Waals surface area contributed by atoms with E-state index in [2.05, 4.69) is 0 Å². The van der Waals surface area contributed by atoms with Gasteiger partial charge in [0.15, 0.2) is 0 Å². The third-order valence-electron chi connectivity index (χ3n) is 3.56. The van der Waals surface area contributed by atoms with E-state index >= 15 is 0 Å². The molecule has 0 spiro atoms. The lowest BCUT2D eigenvalue weighted by atomic mass is 10.1. The monoisotopic (exact) mass is 296 g/mol. The second kappa shape index (κ2) is 7.07. The maximum absolute atomic E-state index is 12.1. The van der Waals surface area contributed by atoms with Gasteiger partial charge in [-0.25, -0.2) is 0 Å². The molecule has 1 aromatic rings. The number of hydrogen-bond acceptors (Lipinski definition) is 3. The van der Waals surface area contributed by atoms with Crippen molar-refractivity contribution in [1.29, 1.82) is 0 Å². The molecule has 1 heterocycles. The van der Waals surface area contributed by atoms with Gasteiger partial charge in [0.25, 0.3) is 0 Å². The number of piperidine rings is 1. The zero-order valence-electron chi connectivity index (χ0n) is 11.8. The first-order valence-electron chi connectivity index (χ1n) is 6.93. The normalized spacial score (nSPS) is 16.7. The Morgan fingerprint density at radius 2 is 2.15 bits per heavy atom. The van der Waals surface area contributed by atoms with Crippen molar-refractivity contribution in [1.82, 2.24) is 9.80 Å². The van der Waals surface area contributed by atoms with Gasteiger partial charge in [-0.2, -0.15) is 0 Å². The van der Waals surface area contributed by atoms with Crippen LogP contribution in [-0.2, 0) is 11.3 Å². The Morgan fingerprint density at radius 3 is 2.80 bits per heavy atom. The molecule has 1 aromatic carbocycles. The van der Waals surface area contributed by atoms with Crippen molar-refractivity contribution in [3.63, 3.8) is 0 Å². The van der Waals surface area contributed by atoms with E-state index in [0.29, 0.717) is 44.0 Å². The minimum atomic E-state index is -0.247. The lowest BCUT2D eigenvalue weighted by molar-refractivity contribution is -0.134. The molecule has 1 amide bonds. The number of carbonyl (C=O) groups is 1. The van der Waals surface area contributed by atoms with Crippen molar-refractivity contribution in [3.05, 3.63) is 34.9 Å². The maximum atomic E-state index is 12.1. The smallest absolute Gasteiger partial charge is 0.236 e. The van der Waals surface area contributed by atoms with E-state index in [9.17, 15) is 9.90 Å². The van der Waals surface area contributed by atoms with Crippen molar-refractivity contribution in [2.45, 2.75) is 25.5 Å². The molecule has 4 nitrogen and oxygen atoms in total. The maximum Gasteiger partial charge on any atom is 0.236 e. The molecule has 0 radical (unpaired) electrons. The number of rotatable bonds is 4. The van der Waals surface area contributed by atoms with Gasteiger partial charge in [0.1, 0.15) is 0 Å². The van der Waals surface area contributed by atoms with Crippen LogP contribution in [0.25, 0.3) is 0 Å². The number of likely N-dealkylation sites (N-methyl/N-ethyl adjacent to an activating group) is 1. The first kappa shape index (κ1) is 15.3. The molecule has 5 heteroatoms. The second-order valence-corrected chi connectivity index (χ2v) is 5.85. The van der Waals surface area contributed by atoms with Crippen molar-refractivity contribution < 1.29 is 9.90 Å². The molecule has 1 aliphatic heterocycles. The molecule has 0 saturated carbocycles. The van der Waals surface area contributed by atoms with E-state index in [1.54, 1.807) is 0 Å². The van der Waals surface area contributed by atoms with Crippen LogP contribution in [0.4, 0.5) is 0 Å². The Hall–Kier alpha value is -1.10. The van der Waals surface area contributed by atoms with Gasteiger partial charge in [-0.1, -0.05) is 23.7 Å². The van der Waals surface area contributed by atoms with Crippen LogP contribution < -0.4 is 0 Å². The summed E-state index contributed by atoms with van der Waals surface area (Å²) >= 11 is 5.95. The van der Waals surface area contributed by atoms with Gasteiger partial charge in [-0.15, -0.1) is 0 Å².